The van der Waals surface area contributed by atoms with Crippen LogP contribution < -0.4 is 14.9 Å². The van der Waals surface area contributed by atoms with E-state index in [0.717, 1.165) is 11.1 Å². The summed E-state index contributed by atoms with van der Waals surface area (Å²) in [7, 11) is 0. The highest BCUT2D eigenvalue weighted by atomic mass is 35.5. The van der Waals surface area contributed by atoms with Gasteiger partial charge in [0.25, 0.3) is 5.56 Å². The number of carbonyl (C=O) groups is 1. The summed E-state index contributed by atoms with van der Waals surface area (Å²) in [6.07, 6.45) is 1.67. The highest BCUT2D eigenvalue weighted by Gasteiger charge is 2.35. The van der Waals surface area contributed by atoms with Gasteiger partial charge in [0.2, 0.25) is 0 Å². The van der Waals surface area contributed by atoms with Gasteiger partial charge in [-0.25, -0.2) is 9.79 Å². The first-order valence-corrected chi connectivity index (χ1v) is 14.9. The standard InChI is InChI=1S/C32H21Cl3N2O4S/c1-2-40-31(39)27-28(18-6-4-3-5-7-18)36-32-37(29(27)19-8-11-21(33)12-9-19)30(38)26(42-32)17-22-13-15-25(41-22)20-10-14-23(34)24(35)16-20/h3-17,29H,2H2,1H3/b26-17-. The van der Waals surface area contributed by atoms with E-state index in [1.807, 2.05) is 30.3 Å². The van der Waals surface area contributed by atoms with E-state index >= 15 is 0 Å². The molecule has 0 spiro atoms. The Bertz CT molecular complexity index is 2030. The molecular weight excluding hydrogens is 615 g/mol. The molecule has 6 rings (SSSR count). The van der Waals surface area contributed by atoms with E-state index in [4.69, 9.17) is 48.9 Å². The fourth-order valence-corrected chi connectivity index (χ4v) is 6.17. The second-order valence-corrected chi connectivity index (χ2v) is 11.6. The van der Waals surface area contributed by atoms with Crippen molar-refractivity contribution in [3.8, 4) is 11.3 Å². The largest absolute Gasteiger partial charge is 0.463 e. The van der Waals surface area contributed by atoms with Crippen LogP contribution in [0.2, 0.25) is 15.1 Å². The van der Waals surface area contributed by atoms with Crippen LogP contribution in [0.5, 0.6) is 0 Å². The summed E-state index contributed by atoms with van der Waals surface area (Å²) in [6, 6.07) is 24.4. The summed E-state index contributed by atoms with van der Waals surface area (Å²) in [6.45, 7) is 1.91. The number of esters is 1. The zero-order chi connectivity index (χ0) is 29.4. The second-order valence-electron chi connectivity index (χ2n) is 9.31. The molecule has 0 saturated heterocycles. The smallest absolute Gasteiger partial charge is 0.338 e. The number of thiazole rings is 1. The van der Waals surface area contributed by atoms with Gasteiger partial charge in [0, 0.05) is 22.2 Å². The summed E-state index contributed by atoms with van der Waals surface area (Å²) >= 11 is 19.6. The number of fused-ring (bicyclic) bond motifs is 1. The van der Waals surface area contributed by atoms with Gasteiger partial charge in [0.15, 0.2) is 4.80 Å². The van der Waals surface area contributed by atoms with Crippen molar-refractivity contribution in [2.75, 3.05) is 6.61 Å². The van der Waals surface area contributed by atoms with Crippen molar-refractivity contribution in [2.24, 2.45) is 4.99 Å². The molecule has 1 unspecified atom stereocenters. The molecule has 42 heavy (non-hydrogen) atoms. The van der Waals surface area contributed by atoms with Crippen molar-refractivity contribution in [1.82, 2.24) is 4.57 Å². The summed E-state index contributed by atoms with van der Waals surface area (Å²) in [5.74, 6) is 0.492. The molecule has 0 saturated carbocycles. The predicted molar refractivity (Wildman–Crippen MR) is 167 cm³/mol. The molecule has 10 heteroatoms. The van der Waals surface area contributed by atoms with E-state index in [1.165, 1.54) is 15.9 Å². The van der Waals surface area contributed by atoms with Gasteiger partial charge in [0.1, 0.15) is 11.5 Å². The van der Waals surface area contributed by atoms with E-state index in [0.29, 0.717) is 47.2 Å². The van der Waals surface area contributed by atoms with Crippen LogP contribution in [0.25, 0.3) is 23.1 Å². The highest BCUT2D eigenvalue weighted by molar-refractivity contribution is 7.07. The molecule has 3 heterocycles. The van der Waals surface area contributed by atoms with E-state index in [2.05, 4.69) is 0 Å². The molecule has 1 aliphatic heterocycles. The maximum absolute atomic E-state index is 14.0. The highest BCUT2D eigenvalue weighted by Crippen LogP contribution is 2.35. The molecule has 0 bridgehead atoms. The molecular formula is C32H21Cl3N2O4S. The Balaban J connectivity index is 1.55. The summed E-state index contributed by atoms with van der Waals surface area (Å²) in [5.41, 5.74) is 2.57. The molecule has 210 valence electrons. The fraction of sp³-hybridized carbons (Fsp3) is 0.0938. The third-order valence-corrected chi connectivity index (χ3v) is 8.64. The third kappa shape index (κ3) is 5.37. The lowest BCUT2D eigenvalue weighted by Gasteiger charge is -2.25. The van der Waals surface area contributed by atoms with Gasteiger partial charge in [0.05, 0.1) is 38.5 Å². The first kappa shape index (κ1) is 28.2. The van der Waals surface area contributed by atoms with Gasteiger partial charge in [-0.05, 0) is 55.0 Å². The Morgan fingerprint density at radius 3 is 2.45 bits per heavy atom. The van der Waals surface area contributed by atoms with Crippen LogP contribution in [0, 0.1) is 0 Å². The van der Waals surface area contributed by atoms with Crippen molar-refractivity contribution in [3.05, 3.63) is 142 Å². The monoisotopic (exact) mass is 634 g/mol. The lowest BCUT2D eigenvalue weighted by atomic mass is 9.93. The minimum absolute atomic E-state index is 0.168. The van der Waals surface area contributed by atoms with E-state index < -0.39 is 12.0 Å². The SMILES string of the molecule is CCOC(=O)C1=C(c2ccccc2)N=c2s/c(=C\c3ccc(-c4ccc(Cl)c(Cl)c4)o3)c(=O)n2C1c1ccc(Cl)cc1. The number of halogens is 3. The molecule has 2 aromatic heterocycles. The molecule has 1 aliphatic rings. The molecule has 3 aromatic carbocycles. The minimum atomic E-state index is -0.793. The molecule has 0 amide bonds. The van der Waals surface area contributed by atoms with Crippen LogP contribution in [-0.2, 0) is 9.53 Å². The number of carbonyl (C=O) groups excluding carboxylic acids is 1. The average molecular weight is 636 g/mol. The number of benzene rings is 3. The van der Waals surface area contributed by atoms with Crippen molar-refractivity contribution in [2.45, 2.75) is 13.0 Å². The van der Waals surface area contributed by atoms with Crippen molar-refractivity contribution in [3.63, 3.8) is 0 Å². The van der Waals surface area contributed by atoms with Crippen LogP contribution in [0.15, 0.2) is 105 Å². The number of furan rings is 1. The quantitative estimate of drug-likeness (QED) is 0.186. The molecule has 1 atom stereocenters. The average Bonchev–Trinajstić information content (AvgIpc) is 3.59. The van der Waals surface area contributed by atoms with Crippen LogP contribution in [0.1, 0.15) is 29.9 Å². The first-order valence-electron chi connectivity index (χ1n) is 12.9. The van der Waals surface area contributed by atoms with Gasteiger partial charge in [-0.2, -0.15) is 0 Å². The Kier molecular flexibility index (Phi) is 7.92. The maximum Gasteiger partial charge on any atom is 0.338 e. The summed E-state index contributed by atoms with van der Waals surface area (Å²) < 4.78 is 13.4. The van der Waals surface area contributed by atoms with Gasteiger partial charge in [-0.1, -0.05) is 88.6 Å². The van der Waals surface area contributed by atoms with Crippen molar-refractivity contribution < 1.29 is 13.9 Å². The third-order valence-electron chi connectivity index (χ3n) is 6.66. The van der Waals surface area contributed by atoms with E-state index in [1.54, 1.807) is 67.6 Å². The Labute approximate surface area is 259 Å². The molecule has 0 fully saturated rings. The van der Waals surface area contributed by atoms with E-state index in [-0.39, 0.29) is 17.7 Å². The topological polar surface area (TPSA) is 73.8 Å². The molecule has 0 N–H and O–H groups in total. The van der Waals surface area contributed by atoms with Gasteiger partial charge in [-0.15, -0.1) is 0 Å². The van der Waals surface area contributed by atoms with Crippen LogP contribution >= 0.6 is 46.1 Å². The molecule has 0 radical (unpaired) electrons. The second kappa shape index (κ2) is 11.8. The number of hydrogen-bond acceptors (Lipinski definition) is 6. The van der Waals surface area contributed by atoms with E-state index in [9.17, 15) is 9.59 Å². The number of ether oxygens (including phenoxy) is 1. The normalized spacial score (nSPS) is 15.0. The predicted octanol–water partition coefficient (Wildman–Crippen LogP) is 7.16. The summed E-state index contributed by atoms with van der Waals surface area (Å²) in [5, 5.41) is 1.39. The Morgan fingerprint density at radius 2 is 1.74 bits per heavy atom. The number of rotatable bonds is 6. The van der Waals surface area contributed by atoms with Crippen LogP contribution in [0.3, 0.4) is 0 Å². The number of nitrogens with zero attached hydrogens (tertiary/aromatic N) is 2. The van der Waals surface area contributed by atoms with Crippen LogP contribution in [0.4, 0.5) is 0 Å². The fourth-order valence-electron chi connectivity index (χ4n) is 4.77. The maximum atomic E-state index is 14.0. The minimum Gasteiger partial charge on any atom is -0.463 e. The zero-order valence-corrected chi connectivity index (χ0v) is 25.1. The lowest BCUT2D eigenvalue weighted by molar-refractivity contribution is -0.138. The van der Waals surface area contributed by atoms with Gasteiger partial charge < -0.3 is 9.15 Å². The first-order chi connectivity index (χ1) is 20.3. The van der Waals surface area contributed by atoms with Gasteiger partial charge >= 0.3 is 5.97 Å². The molecule has 0 aliphatic carbocycles. The zero-order valence-electron chi connectivity index (χ0n) is 22.0. The Morgan fingerprint density at radius 1 is 0.976 bits per heavy atom. The van der Waals surface area contributed by atoms with Crippen molar-refractivity contribution >= 4 is 63.9 Å². The van der Waals surface area contributed by atoms with Gasteiger partial charge in [-0.3, -0.25) is 9.36 Å². The molecule has 6 nitrogen and oxygen atoms in total. The lowest BCUT2D eigenvalue weighted by Crippen LogP contribution is -2.39. The molecule has 5 aromatic rings. The number of aromatic nitrogens is 1. The number of hydrogen-bond donors (Lipinski definition) is 0. The van der Waals surface area contributed by atoms with Crippen molar-refractivity contribution in [1.29, 1.82) is 0 Å². The summed E-state index contributed by atoms with van der Waals surface area (Å²) in [4.78, 5) is 32.8. The van der Waals surface area contributed by atoms with Crippen LogP contribution in [-0.4, -0.2) is 17.1 Å². The Hall–Kier alpha value is -3.88.